The van der Waals surface area contributed by atoms with Crippen LogP contribution in [0.25, 0.3) is 10.9 Å². The molecule has 4 heterocycles. The van der Waals surface area contributed by atoms with Gasteiger partial charge in [0.25, 0.3) is 5.91 Å². The van der Waals surface area contributed by atoms with E-state index in [1.807, 2.05) is 12.1 Å². The summed E-state index contributed by atoms with van der Waals surface area (Å²) in [6.45, 7) is 5.20. The minimum atomic E-state index is -0.354. The van der Waals surface area contributed by atoms with Gasteiger partial charge in [-0.2, -0.15) is 0 Å². The number of halogens is 1. The van der Waals surface area contributed by atoms with Gasteiger partial charge in [0.1, 0.15) is 5.82 Å². The third-order valence-electron chi connectivity index (χ3n) is 10.7. The molecule has 0 unspecified atom stereocenters. The van der Waals surface area contributed by atoms with E-state index in [1.165, 1.54) is 12.5 Å². The number of fused-ring (bicyclic) bond motifs is 1. The molecule has 4 fully saturated rings. The van der Waals surface area contributed by atoms with Gasteiger partial charge >= 0.3 is 6.03 Å². The van der Waals surface area contributed by atoms with Gasteiger partial charge < -0.3 is 19.7 Å². The number of imide groups is 1. The van der Waals surface area contributed by atoms with Crippen LogP contribution < -0.4 is 20.4 Å². The molecule has 3 aromatic rings. The summed E-state index contributed by atoms with van der Waals surface area (Å²) in [6.07, 6.45) is 12.2. The number of aromatic nitrogens is 1. The highest BCUT2D eigenvalue weighted by Crippen LogP contribution is 2.34. The molecule has 2 N–H and O–H groups in total. The summed E-state index contributed by atoms with van der Waals surface area (Å²) in [7, 11) is 0. The van der Waals surface area contributed by atoms with Gasteiger partial charge in [0.2, 0.25) is 5.91 Å². The van der Waals surface area contributed by atoms with Gasteiger partial charge in [0.15, 0.2) is 0 Å². The Bertz CT molecular complexity index is 1580. The van der Waals surface area contributed by atoms with Crippen LogP contribution in [-0.4, -0.2) is 72.6 Å². The first-order chi connectivity index (χ1) is 22.4. The molecule has 7 rings (SSSR count). The fourth-order valence-corrected chi connectivity index (χ4v) is 8.04. The lowest BCUT2D eigenvalue weighted by Gasteiger charge is -2.39. The van der Waals surface area contributed by atoms with Gasteiger partial charge in [-0.1, -0.05) is 25.3 Å². The monoisotopic (exact) mass is 628 g/mol. The quantitative estimate of drug-likeness (QED) is 0.343. The van der Waals surface area contributed by atoms with E-state index in [1.54, 1.807) is 17.0 Å². The van der Waals surface area contributed by atoms with Gasteiger partial charge in [-0.05, 0) is 80.8 Å². The lowest BCUT2D eigenvalue weighted by molar-refractivity contribution is -0.120. The number of carbonyl (C=O) groups excluding carboxylic acids is 3. The molecule has 3 saturated heterocycles. The zero-order valence-electron chi connectivity index (χ0n) is 26.6. The minimum Gasteiger partial charge on any atom is -0.369 e. The highest BCUT2D eigenvalue weighted by atomic mass is 19.1. The fourth-order valence-electron chi connectivity index (χ4n) is 8.04. The Morgan fingerprint density at radius 2 is 1.65 bits per heavy atom. The second-order valence-electron chi connectivity index (χ2n) is 13.6. The van der Waals surface area contributed by atoms with Crippen molar-refractivity contribution in [1.29, 1.82) is 0 Å². The van der Waals surface area contributed by atoms with Gasteiger partial charge in [0.05, 0.1) is 16.9 Å². The second kappa shape index (κ2) is 13.4. The SMILES string of the molecule is O=C1CCN(c2cccc3c2ccn3C2CCN(CC3CCN(c4ccc(C(=O)NC5CCCCC5)cc4F)CC3)CC2)C(=O)N1. The number of nitrogens with one attached hydrogen (secondary N) is 2. The van der Waals surface area contributed by atoms with E-state index in [2.05, 4.69) is 43.3 Å². The number of rotatable bonds is 7. The maximum atomic E-state index is 15.2. The lowest BCUT2D eigenvalue weighted by atomic mass is 9.94. The maximum Gasteiger partial charge on any atom is 0.328 e. The molecule has 0 bridgehead atoms. The number of amides is 4. The number of likely N-dealkylation sites (tertiary alicyclic amines) is 1. The molecule has 9 nitrogen and oxygen atoms in total. The summed E-state index contributed by atoms with van der Waals surface area (Å²) in [5, 5.41) is 6.56. The minimum absolute atomic E-state index is 0.167. The molecule has 4 aliphatic rings. The van der Waals surface area contributed by atoms with Crippen LogP contribution >= 0.6 is 0 Å². The normalized spacial score (nSPS) is 21.2. The van der Waals surface area contributed by atoms with Crippen LogP contribution in [0.15, 0.2) is 48.7 Å². The highest BCUT2D eigenvalue weighted by molar-refractivity contribution is 6.09. The molecule has 10 heteroatoms. The molecule has 4 amide bonds. The second-order valence-corrected chi connectivity index (χ2v) is 13.6. The first-order valence-electron chi connectivity index (χ1n) is 17.2. The Balaban J connectivity index is 0.898. The fraction of sp³-hybridized carbons (Fsp3) is 0.528. The Labute approximate surface area is 270 Å². The molecule has 1 aliphatic carbocycles. The predicted molar refractivity (Wildman–Crippen MR) is 178 cm³/mol. The summed E-state index contributed by atoms with van der Waals surface area (Å²) in [5.41, 5.74) is 2.98. The first kappa shape index (κ1) is 30.7. The summed E-state index contributed by atoms with van der Waals surface area (Å²) >= 11 is 0. The number of benzene rings is 2. The average Bonchev–Trinajstić information content (AvgIpc) is 3.51. The third-order valence-corrected chi connectivity index (χ3v) is 10.7. The molecule has 3 aliphatic heterocycles. The van der Waals surface area contributed by atoms with Gasteiger partial charge in [-0.3, -0.25) is 19.8 Å². The van der Waals surface area contributed by atoms with Gasteiger partial charge in [-0.15, -0.1) is 0 Å². The molecular formula is C36H45FN6O3. The van der Waals surface area contributed by atoms with Crippen molar-refractivity contribution in [2.24, 2.45) is 5.92 Å². The van der Waals surface area contributed by atoms with Crippen molar-refractivity contribution in [2.75, 3.05) is 49.1 Å². The molecule has 0 atom stereocenters. The first-order valence-corrected chi connectivity index (χ1v) is 17.2. The molecule has 1 aromatic heterocycles. The molecule has 2 aromatic carbocycles. The Morgan fingerprint density at radius 1 is 0.870 bits per heavy atom. The Hall–Kier alpha value is -3.92. The van der Waals surface area contributed by atoms with E-state index in [4.69, 9.17) is 0 Å². The molecule has 46 heavy (non-hydrogen) atoms. The number of carbonyl (C=O) groups is 3. The highest BCUT2D eigenvalue weighted by Gasteiger charge is 2.29. The molecule has 0 radical (unpaired) electrons. The Kier molecular flexibility index (Phi) is 8.97. The van der Waals surface area contributed by atoms with Crippen LogP contribution in [0.4, 0.5) is 20.6 Å². The number of anilines is 2. The zero-order valence-corrected chi connectivity index (χ0v) is 26.6. The topological polar surface area (TPSA) is 89.9 Å². The smallest absolute Gasteiger partial charge is 0.328 e. The van der Waals surface area contributed by atoms with E-state index in [0.717, 1.165) is 101 Å². The van der Waals surface area contributed by atoms with Crippen molar-refractivity contribution < 1.29 is 18.8 Å². The molecule has 244 valence electrons. The number of hydrogen-bond acceptors (Lipinski definition) is 5. The average molecular weight is 629 g/mol. The summed E-state index contributed by atoms with van der Waals surface area (Å²) in [6, 6.07) is 13.4. The maximum absolute atomic E-state index is 15.2. The van der Waals surface area contributed by atoms with Crippen LogP contribution in [0.3, 0.4) is 0 Å². The Morgan fingerprint density at radius 3 is 2.39 bits per heavy atom. The van der Waals surface area contributed by atoms with Gasteiger partial charge in [0, 0.05) is 74.9 Å². The number of nitrogens with zero attached hydrogens (tertiary/aromatic N) is 4. The van der Waals surface area contributed by atoms with Crippen molar-refractivity contribution >= 4 is 40.1 Å². The molecule has 1 saturated carbocycles. The molecule has 0 spiro atoms. The number of piperidine rings is 2. The summed E-state index contributed by atoms with van der Waals surface area (Å²) < 4.78 is 17.5. The van der Waals surface area contributed by atoms with Crippen molar-refractivity contribution in [3.63, 3.8) is 0 Å². The van der Waals surface area contributed by atoms with Crippen LogP contribution in [-0.2, 0) is 4.79 Å². The summed E-state index contributed by atoms with van der Waals surface area (Å²) in [5.74, 6) is -0.108. The van der Waals surface area contributed by atoms with E-state index in [9.17, 15) is 14.4 Å². The molecular weight excluding hydrogens is 583 g/mol. The van der Waals surface area contributed by atoms with Crippen LogP contribution in [0.1, 0.15) is 80.6 Å². The lowest BCUT2D eigenvalue weighted by Crippen LogP contribution is -2.49. The van der Waals surface area contributed by atoms with Crippen LogP contribution in [0.2, 0.25) is 0 Å². The van der Waals surface area contributed by atoms with Crippen LogP contribution in [0.5, 0.6) is 0 Å². The zero-order chi connectivity index (χ0) is 31.6. The third kappa shape index (κ3) is 6.49. The van der Waals surface area contributed by atoms with E-state index >= 15 is 4.39 Å². The van der Waals surface area contributed by atoms with E-state index in [-0.39, 0.29) is 29.7 Å². The predicted octanol–water partition coefficient (Wildman–Crippen LogP) is 5.84. The van der Waals surface area contributed by atoms with E-state index < -0.39 is 0 Å². The van der Waals surface area contributed by atoms with Crippen molar-refractivity contribution in [3.8, 4) is 0 Å². The largest absolute Gasteiger partial charge is 0.369 e. The standard InChI is InChI=1S/C36H45FN6O3/c37-30-23-26(35(45)38-27-5-2-1-3-6-27)9-10-33(30)41-19-11-25(12-20-41)24-40-17-13-28(14-18-40)42-21-15-29-31(42)7-4-8-32(29)43-22-16-34(44)39-36(43)46/h4,7-10,15,21,23,25,27-28H,1-3,5-6,11-14,16-20,22,24H2,(H,38,45)(H,39,44,46). The van der Waals surface area contributed by atoms with E-state index in [0.29, 0.717) is 36.2 Å². The van der Waals surface area contributed by atoms with Crippen LogP contribution in [0, 0.1) is 11.7 Å². The van der Waals surface area contributed by atoms with Crippen molar-refractivity contribution in [1.82, 2.24) is 20.1 Å². The van der Waals surface area contributed by atoms with Gasteiger partial charge in [-0.25, -0.2) is 9.18 Å². The van der Waals surface area contributed by atoms with Crippen molar-refractivity contribution in [2.45, 2.75) is 76.3 Å². The summed E-state index contributed by atoms with van der Waals surface area (Å²) in [4.78, 5) is 43.2. The number of urea groups is 1. The van der Waals surface area contributed by atoms with Crippen molar-refractivity contribution in [3.05, 3.63) is 60.0 Å². The number of hydrogen-bond donors (Lipinski definition) is 2.